The highest BCUT2D eigenvalue weighted by molar-refractivity contribution is 7.89. The maximum Gasteiger partial charge on any atom is 0.253 e. The number of hydrogen-bond donors (Lipinski definition) is 1. The van der Waals surface area contributed by atoms with Gasteiger partial charge in [-0.3, -0.25) is 4.79 Å². The van der Waals surface area contributed by atoms with Crippen molar-refractivity contribution in [3.63, 3.8) is 0 Å². The Morgan fingerprint density at radius 1 is 0.933 bits per heavy atom. The van der Waals surface area contributed by atoms with Crippen LogP contribution in [0.4, 0.5) is 5.69 Å². The van der Waals surface area contributed by atoms with Crippen LogP contribution in [0.3, 0.4) is 0 Å². The average molecular weight is 438 g/mol. The number of hydrogen-bond acceptors (Lipinski definition) is 6. The second-order valence-electron chi connectivity index (χ2n) is 8.10. The Bertz CT molecular complexity index is 842. The summed E-state index contributed by atoms with van der Waals surface area (Å²) < 4.78 is 38.5. The van der Waals surface area contributed by atoms with Crippen molar-refractivity contribution in [2.24, 2.45) is 0 Å². The molecule has 2 aliphatic heterocycles. The molecule has 1 N–H and O–H groups in total. The van der Waals surface area contributed by atoms with Gasteiger partial charge in [-0.2, -0.15) is 4.31 Å². The average Bonchev–Trinajstić information content (AvgIpc) is 2.80. The molecule has 0 aromatic heterocycles. The molecule has 1 saturated carbocycles. The Balaban J connectivity index is 1.64. The van der Waals surface area contributed by atoms with Crippen LogP contribution in [-0.4, -0.2) is 77.3 Å². The zero-order valence-electron chi connectivity index (χ0n) is 17.3. The van der Waals surface area contributed by atoms with Crippen LogP contribution >= 0.6 is 0 Å². The van der Waals surface area contributed by atoms with E-state index in [4.69, 9.17) is 9.47 Å². The number of anilines is 1. The molecule has 1 aliphatic carbocycles. The van der Waals surface area contributed by atoms with E-state index >= 15 is 0 Å². The highest BCUT2D eigenvalue weighted by atomic mass is 32.2. The highest BCUT2D eigenvalue weighted by Gasteiger charge is 2.29. The van der Waals surface area contributed by atoms with Gasteiger partial charge in [-0.25, -0.2) is 8.42 Å². The first-order chi connectivity index (χ1) is 14.6. The van der Waals surface area contributed by atoms with Crippen molar-refractivity contribution in [1.29, 1.82) is 0 Å². The van der Waals surface area contributed by atoms with E-state index in [-0.39, 0.29) is 16.8 Å². The monoisotopic (exact) mass is 437 g/mol. The Labute approximate surface area is 178 Å². The van der Waals surface area contributed by atoms with Gasteiger partial charge in [-0.15, -0.1) is 0 Å². The van der Waals surface area contributed by atoms with Crippen LogP contribution in [0.2, 0.25) is 0 Å². The number of nitrogens with one attached hydrogen (secondary N) is 1. The predicted octanol–water partition coefficient (Wildman–Crippen LogP) is 1.61. The van der Waals surface area contributed by atoms with E-state index in [9.17, 15) is 13.2 Å². The smallest absolute Gasteiger partial charge is 0.253 e. The van der Waals surface area contributed by atoms with Crippen molar-refractivity contribution in [3.05, 3.63) is 23.8 Å². The molecule has 166 valence electrons. The standard InChI is InChI=1S/C21H31N3O5S/c25-21(22-17-4-2-1-3-5-17)19-16-18(30(26,27)24-10-14-29-15-11-24)6-7-20(19)23-8-12-28-13-9-23/h6-7,16-17H,1-5,8-15H2,(H,22,25). The zero-order valence-corrected chi connectivity index (χ0v) is 18.2. The third-order valence-corrected chi connectivity index (χ3v) is 8.01. The van der Waals surface area contributed by atoms with Gasteiger partial charge in [-0.05, 0) is 31.0 Å². The SMILES string of the molecule is O=C(NC1CCCCC1)c1cc(S(=O)(=O)N2CCOCC2)ccc1N1CCOCC1. The molecule has 1 amide bonds. The largest absolute Gasteiger partial charge is 0.379 e. The van der Waals surface area contributed by atoms with Crippen molar-refractivity contribution in [2.75, 3.05) is 57.5 Å². The summed E-state index contributed by atoms with van der Waals surface area (Å²) in [5, 5.41) is 3.15. The predicted molar refractivity (Wildman–Crippen MR) is 113 cm³/mol. The van der Waals surface area contributed by atoms with E-state index in [1.54, 1.807) is 18.2 Å². The van der Waals surface area contributed by atoms with Gasteiger partial charge in [0.25, 0.3) is 5.91 Å². The van der Waals surface area contributed by atoms with Gasteiger partial charge >= 0.3 is 0 Å². The van der Waals surface area contributed by atoms with Crippen LogP contribution in [0.25, 0.3) is 0 Å². The number of rotatable bonds is 5. The third-order valence-electron chi connectivity index (χ3n) is 6.11. The Kier molecular flexibility index (Phi) is 6.92. The number of carbonyl (C=O) groups excluding carboxylic acids is 1. The summed E-state index contributed by atoms with van der Waals surface area (Å²) in [5.74, 6) is -0.192. The number of sulfonamides is 1. The molecule has 3 fully saturated rings. The number of carbonyl (C=O) groups is 1. The van der Waals surface area contributed by atoms with Gasteiger partial charge in [0, 0.05) is 37.9 Å². The summed E-state index contributed by atoms with van der Waals surface area (Å²) in [6.07, 6.45) is 5.40. The number of morpholine rings is 2. The number of amides is 1. The lowest BCUT2D eigenvalue weighted by atomic mass is 9.95. The lowest BCUT2D eigenvalue weighted by Crippen LogP contribution is -2.41. The second kappa shape index (κ2) is 9.64. The molecule has 8 nitrogen and oxygen atoms in total. The van der Waals surface area contributed by atoms with Crippen LogP contribution in [-0.2, 0) is 19.5 Å². The number of nitrogens with zero attached hydrogens (tertiary/aromatic N) is 2. The summed E-state index contributed by atoms with van der Waals surface area (Å²) in [6.45, 7) is 3.99. The van der Waals surface area contributed by atoms with Crippen molar-refractivity contribution in [2.45, 2.75) is 43.0 Å². The zero-order chi connectivity index (χ0) is 21.0. The van der Waals surface area contributed by atoms with Crippen molar-refractivity contribution in [1.82, 2.24) is 9.62 Å². The normalized spacial score (nSPS) is 22.1. The van der Waals surface area contributed by atoms with Crippen LogP contribution in [0.1, 0.15) is 42.5 Å². The van der Waals surface area contributed by atoms with Gasteiger partial charge in [-0.1, -0.05) is 19.3 Å². The second-order valence-corrected chi connectivity index (χ2v) is 10.0. The summed E-state index contributed by atoms with van der Waals surface area (Å²) in [4.78, 5) is 15.5. The maximum absolute atomic E-state index is 13.2. The lowest BCUT2D eigenvalue weighted by Gasteiger charge is -2.32. The first kappa shape index (κ1) is 21.5. The Hall–Kier alpha value is -1.68. The molecule has 30 heavy (non-hydrogen) atoms. The van der Waals surface area contributed by atoms with Crippen molar-refractivity contribution >= 4 is 21.6 Å². The van der Waals surface area contributed by atoms with Crippen LogP contribution in [0.15, 0.2) is 23.1 Å². The molecule has 2 heterocycles. The summed E-state index contributed by atoms with van der Waals surface area (Å²) in [7, 11) is -3.67. The molecule has 0 spiro atoms. The Morgan fingerprint density at radius 3 is 2.23 bits per heavy atom. The Morgan fingerprint density at radius 2 is 1.57 bits per heavy atom. The fraction of sp³-hybridized carbons (Fsp3) is 0.667. The molecule has 0 radical (unpaired) electrons. The third kappa shape index (κ3) is 4.80. The van der Waals surface area contributed by atoms with Crippen molar-refractivity contribution in [3.8, 4) is 0 Å². The molecule has 0 atom stereocenters. The van der Waals surface area contributed by atoms with Crippen LogP contribution < -0.4 is 10.2 Å². The minimum absolute atomic E-state index is 0.156. The van der Waals surface area contributed by atoms with Crippen LogP contribution in [0, 0.1) is 0 Å². The van der Waals surface area contributed by atoms with Gasteiger partial charge in [0.1, 0.15) is 0 Å². The quantitative estimate of drug-likeness (QED) is 0.753. The van der Waals surface area contributed by atoms with E-state index < -0.39 is 10.0 Å². The lowest BCUT2D eigenvalue weighted by molar-refractivity contribution is 0.0730. The summed E-state index contributed by atoms with van der Waals surface area (Å²) in [5.41, 5.74) is 1.20. The van der Waals surface area contributed by atoms with Crippen molar-refractivity contribution < 1.29 is 22.7 Å². The fourth-order valence-corrected chi connectivity index (χ4v) is 5.82. The summed E-state index contributed by atoms with van der Waals surface area (Å²) >= 11 is 0. The van der Waals surface area contributed by atoms with E-state index in [0.29, 0.717) is 58.2 Å². The minimum atomic E-state index is -3.67. The molecular formula is C21H31N3O5S. The molecule has 0 bridgehead atoms. The molecule has 1 aromatic carbocycles. The highest BCUT2D eigenvalue weighted by Crippen LogP contribution is 2.28. The molecule has 4 rings (SSSR count). The molecule has 9 heteroatoms. The first-order valence-electron chi connectivity index (χ1n) is 10.9. The number of ether oxygens (including phenoxy) is 2. The van der Waals surface area contributed by atoms with E-state index in [2.05, 4.69) is 10.2 Å². The van der Waals surface area contributed by atoms with E-state index in [1.807, 2.05) is 0 Å². The number of benzene rings is 1. The van der Waals surface area contributed by atoms with Gasteiger partial charge in [0.15, 0.2) is 0 Å². The molecule has 3 aliphatic rings. The van der Waals surface area contributed by atoms with Gasteiger partial charge < -0.3 is 19.7 Å². The molecule has 1 aromatic rings. The topological polar surface area (TPSA) is 88.2 Å². The van der Waals surface area contributed by atoms with Gasteiger partial charge in [0.05, 0.1) is 36.9 Å². The fourth-order valence-electron chi connectivity index (χ4n) is 4.38. The molecule has 2 saturated heterocycles. The first-order valence-corrected chi connectivity index (χ1v) is 12.4. The van der Waals surface area contributed by atoms with E-state index in [0.717, 1.165) is 31.4 Å². The van der Waals surface area contributed by atoms with E-state index in [1.165, 1.54) is 10.7 Å². The van der Waals surface area contributed by atoms with Gasteiger partial charge in [0.2, 0.25) is 10.0 Å². The summed E-state index contributed by atoms with van der Waals surface area (Å²) in [6, 6.07) is 5.10. The maximum atomic E-state index is 13.2. The molecule has 0 unspecified atom stereocenters. The van der Waals surface area contributed by atoms with Crippen LogP contribution in [0.5, 0.6) is 0 Å². The molecular weight excluding hydrogens is 406 g/mol. The minimum Gasteiger partial charge on any atom is -0.379 e.